The van der Waals surface area contributed by atoms with Gasteiger partial charge in [0.25, 0.3) is 0 Å². The predicted octanol–water partition coefficient (Wildman–Crippen LogP) is 3.94. The number of rotatable bonds is 7. The molecule has 9 heteroatoms. The normalized spacial score (nSPS) is 10.9. The van der Waals surface area contributed by atoms with E-state index in [-0.39, 0.29) is 5.75 Å². The Hall–Kier alpha value is -4.01. The van der Waals surface area contributed by atoms with Gasteiger partial charge in [0.1, 0.15) is 0 Å². The molecular formula is C23H22FN3O5. The number of nitrogens with zero attached hydrogens (tertiary/aromatic N) is 2. The highest BCUT2D eigenvalue weighted by molar-refractivity contribution is 5.87. The summed E-state index contributed by atoms with van der Waals surface area (Å²) in [6.07, 6.45) is 3.14. The molecule has 4 aromatic rings. The lowest BCUT2D eigenvalue weighted by atomic mass is 10.00. The number of hydrogen-bond acceptors (Lipinski definition) is 6. The summed E-state index contributed by atoms with van der Waals surface area (Å²) in [7, 11) is 4.43. The largest absolute Gasteiger partial charge is 0.493 e. The van der Waals surface area contributed by atoms with Crippen LogP contribution in [0.15, 0.2) is 47.5 Å². The molecule has 4 rings (SSSR count). The molecule has 0 aliphatic heterocycles. The fourth-order valence-corrected chi connectivity index (χ4v) is 3.73. The first-order valence-corrected chi connectivity index (χ1v) is 9.84. The van der Waals surface area contributed by atoms with Gasteiger partial charge >= 0.3 is 5.69 Å². The summed E-state index contributed by atoms with van der Waals surface area (Å²) in [6.45, 7) is 2.11. The van der Waals surface area contributed by atoms with Crippen LogP contribution in [0.4, 0.5) is 4.39 Å². The molecule has 8 nitrogen and oxygen atoms in total. The maximum absolute atomic E-state index is 14.8. The number of hydrogen-bond donors (Lipinski definition) is 1. The van der Waals surface area contributed by atoms with Crippen molar-refractivity contribution in [2.24, 2.45) is 0 Å². The molecule has 0 radical (unpaired) electrons. The SMILES string of the molecule is CCOc1ccc(-c2c(-n3c(=O)[nH]c4cnccc43)cc(OC)c(OC)c2OC)cc1F. The van der Waals surface area contributed by atoms with Gasteiger partial charge < -0.3 is 23.9 Å². The molecule has 2 aromatic carbocycles. The molecule has 0 atom stereocenters. The topological polar surface area (TPSA) is 87.6 Å². The molecule has 0 unspecified atom stereocenters. The van der Waals surface area contributed by atoms with Crippen molar-refractivity contribution in [3.05, 3.63) is 59.0 Å². The van der Waals surface area contributed by atoms with Crippen LogP contribution in [0.2, 0.25) is 0 Å². The van der Waals surface area contributed by atoms with Crippen LogP contribution in [0.3, 0.4) is 0 Å². The number of aromatic nitrogens is 3. The second-order valence-corrected chi connectivity index (χ2v) is 6.78. The highest BCUT2D eigenvalue weighted by Gasteiger charge is 2.25. The van der Waals surface area contributed by atoms with Crippen LogP contribution in [-0.4, -0.2) is 42.5 Å². The van der Waals surface area contributed by atoms with Crippen LogP contribution in [-0.2, 0) is 0 Å². The number of fused-ring (bicyclic) bond motifs is 1. The van der Waals surface area contributed by atoms with E-state index in [1.165, 1.54) is 38.0 Å². The molecule has 0 amide bonds. The second-order valence-electron chi connectivity index (χ2n) is 6.78. The number of H-pyrrole nitrogens is 1. The Kier molecular flexibility index (Phi) is 5.72. The molecule has 1 N–H and O–H groups in total. The lowest BCUT2D eigenvalue weighted by Gasteiger charge is -2.20. The summed E-state index contributed by atoms with van der Waals surface area (Å²) in [5, 5.41) is 0. The highest BCUT2D eigenvalue weighted by atomic mass is 19.1. The van der Waals surface area contributed by atoms with Crippen LogP contribution in [0.25, 0.3) is 27.8 Å². The number of aromatic amines is 1. The Morgan fingerprint density at radius 3 is 2.47 bits per heavy atom. The Morgan fingerprint density at radius 2 is 1.81 bits per heavy atom. The van der Waals surface area contributed by atoms with Crippen LogP contribution in [0, 0.1) is 5.82 Å². The van der Waals surface area contributed by atoms with Gasteiger partial charge in [0.15, 0.2) is 23.1 Å². The highest BCUT2D eigenvalue weighted by Crippen LogP contribution is 2.48. The Labute approximate surface area is 183 Å². The fourth-order valence-electron chi connectivity index (χ4n) is 3.73. The minimum Gasteiger partial charge on any atom is -0.493 e. The van der Waals surface area contributed by atoms with Gasteiger partial charge in [-0.1, -0.05) is 6.07 Å². The fraction of sp³-hybridized carbons (Fsp3) is 0.217. The van der Waals surface area contributed by atoms with Crippen LogP contribution in [0.1, 0.15) is 6.92 Å². The summed E-state index contributed by atoms with van der Waals surface area (Å²) >= 11 is 0. The van der Waals surface area contributed by atoms with Crippen LogP contribution in [0.5, 0.6) is 23.0 Å². The lowest BCUT2D eigenvalue weighted by Crippen LogP contribution is -2.16. The van der Waals surface area contributed by atoms with Crippen molar-refractivity contribution in [2.45, 2.75) is 6.92 Å². The summed E-state index contributed by atoms with van der Waals surface area (Å²) in [5.41, 5.74) is 2.09. The molecular weight excluding hydrogens is 417 g/mol. The molecule has 166 valence electrons. The van der Waals surface area contributed by atoms with Gasteiger partial charge in [-0.3, -0.25) is 9.55 Å². The summed E-state index contributed by atoms with van der Waals surface area (Å²) in [6, 6.07) is 7.93. The Bertz CT molecular complexity index is 1350. The monoisotopic (exact) mass is 439 g/mol. The van der Waals surface area contributed by atoms with Gasteiger partial charge in [-0.05, 0) is 30.7 Å². The quantitative estimate of drug-likeness (QED) is 0.469. The number of nitrogens with one attached hydrogen (secondary N) is 1. The third kappa shape index (κ3) is 3.41. The zero-order valence-electron chi connectivity index (χ0n) is 18.1. The first kappa shape index (κ1) is 21.2. The second kappa shape index (κ2) is 8.62. The summed E-state index contributed by atoms with van der Waals surface area (Å²) in [5.74, 6) is 0.554. The van der Waals surface area contributed by atoms with E-state index in [2.05, 4.69) is 9.97 Å². The van der Waals surface area contributed by atoms with Gasteiger partial charge in [0, 0.05) is 12.3 Å². The molecule has 0 saturated carbocycles. The standard InChI is InChI=1S/C23H22FN3O5/c1-5-32-18-7-6-13(10-14(18)24)20-17(11-19(29-2)21(30-3)22(20)31-4)27-16-8-9-25-12-15(16)26-23(27)28/h6-12H,5H2,1-4H3,(H,26,28). The van der Waals surface area contributed by atoms with Gasteiger partial charge in [-0.25, -0.2) is 9.18 Å². The van der Waals surface area contributed by atoms with Crippen molar-refractivity contribution < 1.29 is 23.3 Å². The van der Waals surface area contributed by atoms with Gasteiger partial charge in [0.2, 0.25) is 5.75 Å². The third-order valence-corrected chi connectivity index (χ3v) is 5.05. The summed E-state index contributed by atoms with van der Waals surface area (Å²) in [4.78, 5) is 19.8. The maximum Gasteiger partial charge on any atom is 0.331 e. The Morgan fingerprint density at radius 1 is 1.03 bits per heavy atom. The molecule has 2 heterocycles. The van der Waals surface area contributed by atoms with E-state index in [1.54, 1.807) is 37.5 Å². The van der Waals surface area contributed by atoms with E-state index in [1.807, 2.05) is 0 Å². The average Bonchev–Trinajstić information content (AvgIpc) is 3.14. The molecule has 0 aliphatic rings. The van der Waals surface area contributed by atoms with Gasteiger partial charge in [0.05, 0.1) is 56.4 Å². The average molecular weight is 439 g/mol. The first-order valence-electron chi connectivity index (χ1n) is 9.84. The number of methoxy groups -OCH3 is 3. The number of pyridine rings is 1. The molecule has 0 aliphatic carbocycles. The van der Waals surface area contributed by atoms with Crippen molar-refractivity contribution in [2.75, 3.05) is 27.9 Å². The van der Waals surface area contributed by atoms with E-state index in [9.17, 15) is 9.18 Å². The van der Waals surface area contributed by atoms with Crippen molar-refractivity contribution in [3.63, 3.8) is 0 Å². The molecule has 2 aromatic heterocycles. The van der Waals surface area contributed by atoms with E-state index in [0.717, 1.165) is 0 Å². The first-order chi connectivity index (χ1) is 15.5. The molecule has 0 saturated heterocycles. The zero-order chi connectivity index (χ0) is 22.8. The third-order valence-electron chi connectivity index (χ3n) is 5.05. The number of halogens is 1. The van der Waals surface area contributed by atoms with Gasteiger partial charge in [-0.15, -0.1) is 0 Å². The number of benzene rings is 2. The molecule has 0 bridgehead atoms. The number of imidazole rings is 1. The van der Waals surface area contributed by atoms with Crippen molar-refractivity contribution >= 4 is 11.0 Å². The van der Waals surface area contributed by atoms with Crippen molar-refractivity contribution in [1.82, 2.24) is 14.5 Å². The molecule has 0 spiro atoms. The zero-order valence-corrected chi connectivity index (χ0v) is 18.1. The van der Waals surface area contributed by atoms with E-state index in [4.69, 9.17) is 18.9 Å². The minimum atomic E-state index is -0.539. The predicted molar refractivity (Wildman–Crippen MR) is 118 cm³/mol. The van der Waals surface area contributed by atoms with E-state index in [0.29, 0.717) is 51.7 Å². The van der Waals surface area contributed by atoms with Crippen molar-refractivity contribution in [3.8, 4) is 39.8 Å². The minimum absolute atomic E-state index is 0.132. The van der Waals surface area contributed by atoms with E-state index >= 15 is 0 Å². The summed E-state index contributed by atoms with van der Waals surface area (Å²) < 4.78 is 38.3. The molecule has 0 fully saturated rings. The lowest BCUT2D eigenvalue weighted by molar-refractivity contribution is 0.321. The van der Waals surface area contributed by atoms with Crippen LogP contribution < -0.4 is 24.6 Å². The van der Waals surface area contributed by atoms with Gasteiger partial charge in [-0.2, -0.15) is 0 Å². The number of ether oxygens (including phenoxy) is 4. The maximum atomic E-state index is 14.8. The van der Waals surface area contributed by atoms with Crippen LogP contribution >= 0.6 is 0 Å². The van der Waals surface area contributed by atoms with E-state index < -0.39 is 11.5 Å². The smallest absolute Gasteiger partial charge is 0.331 e. The van der Waals surface area contributed by atoms with Crippen molar-refractivity contribution in [1.29, 1.82) is 0 Å². The molecule has 32 heavy (non-hydrogen) atoms. The Balaban J connectivity index is 2.11.